The Morgan fingerprint density at radius 1 is 1.11 bits per heavy atom. The second-order valence-electron chi connectivity index (χ2n) is 10.4. The number of amidine groups is 1. The van der Waals surface area contributed by atoms with E-state index in [0.29, 0.717) is 44.2 Å². The van der Waals surface area contributed by atoms with Crippen molar-refractivity contribution >= 4 is 29.9 Å². The van der Waals surface area contributed by atoms with Crippen LogP contribution in [0.4, 0.5) is 10.5 Å². The lowest BCUT2D eigenvalue weighted by molar-refractivity contribution is -0.137. The van der Waals surface area contributed by atoms with E-state index in [4.69, 9.17) is 11.5 Å². The van der Waals surface area contributed by atoms with Crippen LogP contribution in [0.15, 0.2) is 41.5 Å². The number of urea groups is 1. The molecule has 3 rings (SSSR count). The highest BCUT2D eigenvalue weighted by Crippen LogP contribution is 2.19. The van der Waals surface area contributed by atoms with Crippen LogP contribution in [-0.4, -0.2) is 89.7 Å². The normalized spacial score (nSPS) is 21.7. The first-order chi connectivity index (χ1) is 17.6. The van der Waals surface area contributed by atoms with Crippen molar-refractivity contribution in [3.8, 4) is 0 Å². The van der Waals surface area contributed by atoms with Gasteiger partial charge in [-0.25, -0.2) is 9.79 Å². The van der Waals surface area contributed by atoms with Gasteiger partial charge in [0.05, 0.1) is 11.2 Å². The zero-order valence-corrected chi connectivity index (χ0v) is 22.0. The fourth-order valence-corrected chi connectivity index (χ4v) is 4.45. The standard InChI is InChI=1S/C26H40N8O3/c1-19-16-32(11-9-22(19)27)17-20-4-6-21(7-5-20)30-23(8-10-29-18-35)31-25(37)34-14-12-33(13-15-34)24(36)26(2,3)28/h4-8,10,18-19,22H,9,11-17,27-28H2,1-3H3,(H,29,35)(H,30,31,37)/b10-8-. The van der Waals surface area contributed by atoms with Gasteiger partial charge in [-0.3, -0.25) is 19.8 Å². The van der Waals surface area contributed by atoms with E-state index >= 15 is 0 Å². The monoisotopic (exact) mass is 512 g/mol. The number of likely N-dealkylation sites (tertiary alicyclic amines) is 1. The minimum atomic E-state index is -0.948. The number of piperidine rings is 1. The molecule has 4 amide bonds. The average molecular weight is 513 g/mol. The molecule has 0 saturated carbocycles. The Balaban J connectivity index is 1.61. The van der Waals surface area contributed by atoms with Crippen LogP contribution in [0.5, 0.6) is 0 Å². The first-order valence-corrected chi connectivity index (χ1v) is 12.7. The summed E-state index contributed by atoms with van der Waals surface area (Å²) in [6, 6.07) is 7.80. The van der Waals surface area contributed by atoms with Crippen LogP contribution in [0, 0.1) is 5.92 Å². The number of amides is 4. The number of benzene rings is 1. The number of nitrogens with two attached hydrogens (primary N) is 2. The minimum absolute atomic E-state index is 0.139. The van der Waals surface area contributed by atoms with Crippen molar-refractivity contribution in [2.24, 2.45) is 22.4 Å². The third-order valence-electron chi connectivity index (χ3n) is 6.69. The van der Waals surface area contributed by atoms with Crippen molar-refractivity contribution in [1.29, 1.82) is 0 Å². The number of aliphatic imine (C=N–C) groups is 1. The summed E-state index contributed by atoms with van der Waals surface area (Å²) < 4.78 is 0. The Labute approximate surface area is 218 Å². The van der Waals surface area contributed by atoms with E-state index < -0.39 is 5.54 Å². The van der Waals surface area contributed by atoms with E-state index in [9.17, 15) is 14.4 Å². The van der Waals surface area contributed by atoms with E-state index in [1.807, 2.05) is 24.3 Å². The lowest BCUT2D eigenvalue weighted by Gasteiger charge is -2.37. The molecular formula is C26H40N8O3. The van der Waals surface area contributed by atoms with Gasteiger partial charge in [-0.05, 0) is 56.5 Å². The number of hydrogen-bond acceptors (Lipinski definition) is 7. The minimum Gasteiger partial charge on any atom is -0.338 e. The van der Waals surface area contributed by atoms with Crippen molar-refractivity contribution in [3.05, 3.63) is 42.1 Å². The van der Waals surface area contributed by atoms with Crippen molar-refractivity contribution in [1.82, 2.24) is 25.3 Å². The highest BCUT2D eigenvalue weighted by Gasteiger charge is 2.31. The van der Waals surface area contributed by atoms with E-state index in [1.165, 1.54) is 17.8 Å². The molecular weight excluding hydrogens is 472 g/mol. The fraction of sp³-hybridized carbons (Fsp3) is 0.538. The molecule has 0 spiro atoms. The quantitative estimate of drug-likeness (QED) is 0.240. The molecule has 37 heavy (non-hydrogen) atoms. The van der Waals surface area contributed by atoms with E-state index in [0.717, 1.165) is 26.1 Å². The van der Waals surface area contributed by atoms with Gasteiger partial charge >= 0.3 is 6.03 Å². The Bertz CT molecular complexity index is 994. The van der Waals surface area contributed by atoms with Crippen LogP contribution in [0.3, 0.4) is 0 Å². The van der Waals surface area contributed by atoms with Crippen molar-refractivity contribution in [2.45, 2.75) is 45.3 Å². The van der Waals surface area contributed by atoms with Gasteiger partial charge in [0.2, 0.25) is 12.3 Å². The van der Waals surface area contributed by atoms with Gasteiger partial charge in [0.25, 0.3) is 0 Å². The number of hydrogen-bond donors (Lipinski definition) is 4. The number of piperazine rings is 1. The van der Waals surface area contributed by atoms with Gasteiger partial charge in [0.1, 0.15) is 5.84 Å². The summed E-state index contributed by atoms with van der Waals surface area (Å²) in [6.07, 6.45) is 4.47. The molecule has 2 aliphatic heterocycles. The summed E-state index contributed by atoms with van der Waals surface area (Å²) in [6.45, 7) is 9.94. The summed E-state index contributed by atoms with van der Waals surface area (Å²) in [5.41, 5.74) is 13.0. The van der Waals surface area contributed by atoms with Gasteiger partial charge in [0.15, 0.2) is 0 Å². The summed E-state index contributed by atoms with van der Waals surface area (Å²) in [5.74, 6) is 0.624. The fourth-order valence-electron chi connectivity index (χ4n) is 4.45. The molecule has 2 saturated heterocycles. The van der Waals surface area contributed by atoms with Crippen LogP contribution >= 0.6 is 0 Å². The lowest BCUT2D eigenvalue weighted by Crippen LogP contribution is -2.59. The topological polar surface area (TPSA) is 149 Å². The summed E-state index contributed by atoms with van der Waals surface area (Å²) >= 11 is 0. The number of nitrogens with one attached hydrogen (secondary N) is 2. The Morgan fingerprint density at radius 2 is 1.76 bits per heavy atom. The van der Waals surface area contributed by atoms with E-state index in [-0.39, 0.29) is 23.8 Å². The molecule has 2 aliphatic rings. The summed E-state index contributed by atoms with van der Waals surface area (Å²) in [4.78, 5) is 46.2. The SMILES string of the molecule is CC1CN(Cc2ccc(/N=C(\C=C/NC=O)NC(=O)N3CCN(C(=O)C(C)(C)N)CC3)cc2)CCC1N. The third kappa shape index (κ3) is 8.38. The molecule has 11 heteroatoms. The molecule has 0 aromatic heterocycles. The first kappa shape index (κ1) is 28.3. The maximum Gasteiger partial charge on any atom is 0.323 e. The smallest absolute Gasteiger partial charge is 0.323 e. The van der Waals surface area contributed by atoms with Crippen molar-refractivity contribution < 1.29 is 14.4 Å². The van der Waals surface area contributed by atoms with Gasteiger partial charge < -0.3 is 26.6 Å². The number of rotatable bonds is 7. The molecule has 0 aliphatic carbocycles. The molecule has 11 nitrogen and oxygen atoms in total. The molecule has 202 valence electrons. The molecule has 2 atom stereocenters. The van der Waals surface area contributed by atoms with Crippen LogP contribution in [0.25, 0.3) is 0 Å². The van der Waals surface area contributed by atoms with Gasteiger partial charge in [-0.1, -0.05) is 19.1 Å². The van der Waals surface area contributed by atoms with E-state index in [2.05, 4.69) is 27.4 Å². The van der Waals surface area contributed by atoms with Crippen molar-refractivity contribution in [3.63, 3.8) is 0 Å². The molecule has 6 N–H and O–H groups in total. The third-order valence-corrected chi connectivity index (χ3v) is 6.69. The average Bonchev–Trinajstić information content (AvgIpc) is 2.86. The molecule has 2 heterocycles. The Morgan fingerprint density at radius 3 is 2.35 bits per heavy atom. The number of carbonyl (C=O) groups is 3. The predicted molar refractivity (Wildman–Crippen MR) is 144 cm³/mol. The second-order valence-corrected chi connectivity index (χ2v) is 10.4. The van der Waals surface area contributed by atoms with Crippen LogP contribution in [0.1, 0.15) is 32.8 Å². The van der Waals surface area contributed by atoms with Crippen LogP contribution in [0.2, 0.25) is 0 Å². The Hall–Kier alpha value is -3.28. The number of nitrogens with zero attached hydrogens (tertiary/aromatic N) is 4. The highest BCUT2D eigenvalue weighted by atomic mass is 16.2. The second kappa shape index (κ2) is 12.8. The maximum atomic E-state index is 12.9. The molecule has 1 aromatic rings. The van der Waals surface area contributed by atoms with Gasteiger partial charge in [0, 0.05) is 51.5 Å². The molecule has 2 unspecified atom stereocenters. The predicted octanol–water partition coefficient (Wildman–Crippen LogP) is 0.737. The van der Waals surface area contributed by atoms with Gasteiger partial charge in [-0.2, -0.15) is 0 Å². The molecule has 1 aromatic carbocycles. The first-order valence-electron chi connectivity index (χ1n) is 12.7. The van der Waals surface area contributed by atoms with E-state index in [1.54, 1.807) is 23.6 Å². The zero-order chi connectivity index (χ0) is 27.0. The van der Waals surface area contributed by atoms with Crippen molar-refractivity contribution in [2.75, 3.05) is 39.3 Å². The maximum absolute atomic E-state index is 12.9. The molecule has 0 bridgehead atoms. The zero-order valence-electron chi connectivity index (χ0n) is 22.0. The van der Waals surface area contributed by atoms with Gasteiger partial charge in [-0.15, -0.1) is 0 Å². The highest BCUT2D eigenvalue weighted by molar-refractivity contribution is 6.05. The number of carbonyl (C=O) groups excluding carboxylic acids is 3. The lowest BCUT2D eigenvalue weighted by atomic mass is 9.94. The largest absolute Gasteiger partial charge is 0.338 e. The van der Waals surface area contributed by atoms with Crippen LogP contribution in [-0.2, 0) is 16.1 Å². The Kier molecular flexibility index (Phi) is 9.79. The van der Waals surface area contributed by atoms with Crippen LogP contribution < -0.4 is 22.1 Å². The summed E-state index contributed by atoms with van der Waals surface area (Å²) in [7, 11) is 0. The summed E-state index contributed by atoms with van der Waals surface area (Å²) in [5, 5.41) is 5.24. The molecule has 2 fully saturated rings. The molecule has 0 radical (unpaired) electrons.